The summed E-state index contributed by atoms with van der Waals surface area (Å²) in [6.45, 7) is 6.18. The van der Waals surface area contributed by atoms with Gasteiger partial charge in [-0.05, 0) is 23.8 Å². The van der Waals surface area contributed by atoms with E-state index in [1.807, 2.05) is 34.5 Å². The molecule has 1 fully saturated rings. The first-order chi connectivity index (χ1) is 14.2. The molecule has 0 bridgehead atoms. The summed E-state index contributed by atoms with van der Waals surface area (Å²) < 4.78 is 13.7. The highest BCUT2D eigenvalue weighted by Crippen LogP contribution is 2.36. The summed E-state index contributed by atoms with van der Waals surface area (Å²) in [4.78, 5) is 26.8. The van der Waals surface area contributed by atoms with E-state index in [0.29, 0.717) is 42.5 Å². The summed E-state index contributed by atoms with van der Waals surface area (Å²) in [5, 5.41) is 2.89. The Labute approximate surface area is 170 Å². The highest BCUT2D eigenvalue weighted by Gasteiger charge is 2.19. The summed E-state index contributed by atoms with van der Waals surface area (Å²) in [6.07, 6.45) is 3.03. The SMILES string of the molecule is C=CC(=O)n1ccc2ccc(-c3csc4c(=O)cc(N5CCOCC5)oc34)cc21. The molecule has 1 aliphatic rings. The predicted octanol–water partition coefficient (Wildman–Crippen LogP) is 4.14. The highest BCUT2D eigenvalue weighted by atomic mass is 32.1. The molecule has 4 aromatic rings. The van der Waals surface area contributed by atoms with Crippen molar-refractivity contribution in [2.45, 2.75) is 0 Å². The van der Waals surface area contributed by atoms with Crippen LogP contribution >= 0.6 is 11.3 Å². The van der Waals surface area contributed by atoms with Crippen LogP contribution in [-0.2, 0) is 4.74 Å². The molecule has 146 valence electrons. The number of rotatable bonds is 3. The Kier molecular flexibility index (Phi) is 4.34. The van der Waals surface area contributed by atoms with Gasteiger partial charge in [0, 0.05) is 41.7 Å². The number of carbonyl (C=O) groups excluding carboxylic acids is 1. The smallest absolute Gasteiger partial charge is 0.254 e. The minimum Gasteiger partial charge on any atom is -0.439 e. The first-order valence-corrected chi connectivity index (χ1v) is 10.2. The van der Waals surface area contributed by atoms with Gasteiger partial charge in [-0.2, -0.15) is 0 Å². The van der Waals surface area contributed by atoms with Crippen LogP contribution in [0.4, 0.5) is 5.88 Å². The van der Waals surface area contributed by atoms with Gasteiger partial charge in [0.2, 0.25) is 5.43 Å². The standard InChI is InChI=1S/C22H18N2O4S/c1-2-19(26)24-6-5-14-3-4-15(11-17(14)24)16-13-29-22-18(25)12-20(28-21(16)22)23-7-9-27-10-8-23/h2-6,11-13H,1,7-10H2. The van der Waals surface area contributed by atoms with E-state index in [1.54, 1.807) is 16.8 Å². The third-order valence-electron chi connectivity index (χ3n) is 5.17. The maximum atomic E-state index is 12.7. The number of hydrogen-bond donors (Lipinski definition) is 0. The first-order valence-electron chi connectivity index (χ1n) is 9.32. The second-order valence-corrected chi connectivity index (χ2v) is 7.74. The zero-order valence-corrected chi connectivity index (χ0v) is 16.4. The molecular weight excluding hydrogens is 388 g/mol. The first kappa shape index (κ1) is 17.9. The lowest BCUT2D eigenvalue weighted by atomic mass is 10.1. The van der Waals surface area contributed by atoms with Gasteiger partial charge < -0.3 is 14.1 Å². The van der Waals surface area contributed by atoms with Gasteiger partial charge >= 0.3 is 0 Å². The molecule has 0 aliphatic carbocycles. The van der Waals surface area contributed by atoms with Crippen LogP contribution in [0.25, 0.3) is 32.3 Å². The maximum Gasteiger partial charge on any atom is 0.254 e. The van der Waals surface area contributed by atoms with Crippen molar-refractivity contribution in [2.75, 3.05) is 31.2 Å². The summed E-state index contributed by atoms with van der Waals surface area (Å²) in [5.74, 6) is 0.380. The Morgan fingerprint density at radius 3 is 2.79 bits per heavy atom. The van der Waals surface area contributed by atoms with E-state index in [9.17, 15) is 9.59 Å². The van der Waals surface area contributed by atoms with Crippen LogP contribution in [0.2, 0.25) is 0 Å². The van der Waals surface area contributed by atoms with Gasteiger partial charge in [0.05, 0.1) is 18.7 Å². The molecule has 0 spiro atoms. The Morgan fingerprint density at radius 2 is 2.00 bits per heavy atom. The van der Waals surface area contributed by atoms with Crippen LogP contribution in [0.1, 0.15) is 4.79 Å². The highest BCUT2D eigenvalue weighted by molar-refractivity contribution is 7.17. The zero-order chi connectivity index (χ0) is 20.0. The van der Waals surface area contributed by atoms with Gasteiger partial charge in [-0.15, -0.1) is 11.3 Å². The average molecular weight is 406 g/mol. The predicted molar refractivity (Wildman–Crippen MR) is 115 cm³/mol. The Bertz CT molecular complexity index is 1310. The van der Waals surface area contributed by atoms with Crippen molar-refractivity contribution in [3.05, 3.63) is 64.8 Å². The fraction of sp³-hybridized carbons (Fsp3) is 0.182. The largest absolute Gasteiger partial charge is 0.439 e. The summed E-state index contributed by atoms with van der Waals surface area (Å²) >= 11 is 1.37. The van der Waals surface area contributed by atoms with Crippen molar-refractivity contribution in [2.24, 2.45) is 0 Å². The van der Waals surface area contributed by atoms with Gasteiger partial charge in [-0.25, -0.2) is 0 Å². The number of nitrogens with zero attached hydrogens (tertiary/aromatic N) is 2. The van der Waals surface area contributed by atoms with Gasteiger partial charge in [-0.3, -0.25) is 14.2 Å². The molecule has 1 aliphatic heterocycles. The Balaban J connectivity index is 1.66. The third kappa shape index (κ3) is 2.99. The number of benzene rings is 1. The van der Waals surface area contributed by atoms with Gasteiger partial charge in [0.15, 0.2) is 11.5 Å². The normalized spacial score (nSPS) is 14.6. The summed E-state index contributed by atoms with van der Waals surface area (Å²) in [7, 11) is 0. The molecule has 0 atom stereocenters. The Hall–Kier alpha value is -3.16. The zero-order valence-electron chi connectivity index (χ0n) is 15.6. The molecule has 7 heteroatoms. The van der Waals surface area contributed by atoms with E-state index in [4.69, 9.17) is 9.15 Å². The topological polar surface area (TPSA) is 64.7 Å². The number of allylic oxidation sites excluding steroid dienone is 1. The van der Waals surface area contributed by atoms with E-state index in [0.717, 1.165) is 22.0 Å². The van der Waals surface area contributed by atoms with Crippen molar-refractivity contribution in [3.63, 3.8) is 0 Å². The number of anilines is 1. The molecule has 4 heterocycles. The van der Waals surface area contributed by atoms with Crippen LogP contribution in [-0.4, -0.2) is 36.8 Å². The number of morpholine rings is 1. The van der Waals surface area contributed by atoms with E-state index in [1.165, 1.54) is 17.4 Å². The maximum absolute atomic E-state index is 12.7. The Morgan fingerprint density at radius 1 is 1.17 bits per heavy atom. The lowest BCUT2D eigenvalue weighted by Gasteiger charge is -2.27. The molecule has 1 aromatic carbocycles. The molecular formula is C22H18N2O4S. The number of carbonyl (C=O) groups is 1. The van der Waals surface area contributed by atoms with Crippen LogP contribution in [0.5, 0.6) is 0 Å². The lowest BCUT2D eigenvalue weighted by molar-refractivity contribution is 0.0974. The number of ether oxygens (including phenoxy) is 1. The van der Waals surface area contributed by atoms with Gasteiger partial charge in [-0.1, -0.05) is 18.7 Å². The molecule has 1 saturated heterocycles. The molecule has 0 unspecified atom stereocenters. The third-order valence-corrected chi connectivity index (χ3v) is 6.15. The van der Waals surface area contributed by atoms with Crippen molar-refractivity contribution in [1.82, 2.24) is 4.57 Å². The molecule has 0 amide bonds. The quantitative estimate of drug-likeness (QED) is 0.479. The number of thiophene rings is 1. The van der Waals surface area contributed by atoms with E-state index < -0.39 is 0 Å². The van der Waals surface area contributed by atoms with Crippen molar-refractivity contribution in [1.29, 1.82) is 0 Å². The molecule has 0 N–H and O–H groups in total. The van der Waals surface area contributed by atoms with Crippen LogP contribution in [0.3, 0.4) is 0 Å². The van der Waals surface area contributed by atoms with Crippen LogP contribution in [0.15, 0.2) is 63.8 Å². The molecule has 6 nitrogen and oxygen atoms in total. The molecule has 0 saturated carbocycles. The minimum atomic E-state index is -0.187. The van der Waals surface area contributed by atoms with Gasteiger partial charge in [0.1, 0.15) is 4.70 Å². The summed E-state index contributed by atoms with van der Waals surface area (Å²) in [6, 6.07) is 9.34. The number of fused-ring (bicyclic) bond motifs is 2. The second kappa shape index (κ2) is 7.02. The van der Waals surface area contributed by atoms with E-state index in [-0.39, 0.29) is 11.3 Å². The molecule has 29 heavy (non-hydrogen) atoms. The lowest BCUT2D eigenvalue weighted by Crippen LogP contribution is -2.36. The molecule has 5 rings (SSSR count). The fourth-order valence-corrected chi connectivity index (χ4v) is 4.57. The van der Waals surface area contributed by atoms with Crippen LogP contribution in [0, 0.1) is 0 Å². The summed E-state index contributed by atoms with van der Waals surface area (Å²) in [5.41, 5.74) is 3.06. The van der Waals surface area contributed by atoms with Crippen molar-refractivity contribution < 1.29 is 13.9 Å². The monoisotopic (exact) mass is 406 g/mol. The van der Waals surface area contributed by atoms with E-state index in [2.05, 4.69) is 6.58 Å². The van der Waals surface area contributed by atoms with E-state index >= 15 is 0 Å². The molecule has 3 aromatic heterocycles. The average Bonchev–Trinajstić information content (AvgIpc) is 3.38. The van der Waals surface area contributed by atoms with Crippen molar-refractivity contribution in [3.8, 4) is 11.1 Å². The van der Waals surface area contributed by atoms with Gasteiger partial charge in [0.25, 0.3) is 5.91 Å². The minimum absolute atomic E-state index is 0.0460. The number of hydrogen-bond acceptors (Lipinski definition) is 6. The second-order valence-electron chi connectivity index (χ2n) is 6.86. The number of aromatic nitrogens is 1. The van der Waals surface area contributed by atoms with Crippen molar-refractivity contribution >= 4 is 44.3 Å². The van der Waals surface area contributed by atoms with Crippen LogP contribution < -0.4 is 10.3 Å². The molecule has 0 radical (unpaired) electrons. The fourth-order valence-electron chi connectivity index (χ4n) is 3.66.